The van der Waals surface area contributed by atoms with Gasteiger partial charge in [-0.2, -0.15) is 0 Å². The molecule has 1 N–H and O–H groups in total. The Bertz CT molecular complexity index is 1470. The molecule has 2 aromatic carbocycles. The molecule has 0 unspecified atom stereocenters. The smallest absolute Gasteiger partial charge is 0.338 e. The van der Waals surface area contributed by atoms with E-state index in [2.05, 4.69) is 4.99 Å². The number of hydrogen-bond donors (Lipinski definition) is 1. The second kappa shape index (κ2) is 10.2. The van der Waals surface area contributed by atoms with Crippen molar-refractivity contribution in [2.75, 3.05) is 20.3 Å². The Morgan fingerprint density at radius 1 is 1.14 bits per heavy atom. The van der Waals surface area contributed by atoms with Crippen LogP contribution in [-0.4, -0.2) is 36.0 Å². The van der Waals surface area contributed by atoms with Crippen LogP contribution in [0.25, 0.3) is 6.08 Å². The number of fused-ring (bicyclic) bond motifs is 1. The summed E-state index contributed by atoms with van der Waals surface area (Å²) in [6, 6.07) is 11.1. The number of aromatic nitrogens is 1. The molecule has 0 bridgehead atoms. The summed E-state index contributed by atoms with van der Waals surface area (Å²) >= 11 is 1.24. The predicted molar refractivity (Wildman–Crippen MR) is 133 cm³/mol. The van der Waals surface area contributed by atoms with Gasteiger partial charge in [-0.05, 0) is 62.2 Å². The van der Waals surface area contributed by atoms with Gasteiger partial charge < -0.3 is 19.3 Å². The summed E-state index contributed by atoms with van der Waals surface area (Å²) < 4.78 is 18.5. The Labute approximate surface area is 206 Å². The number of rotatable bonds is 7. The number of phenols is 1. The molecule has 1 atom stereocenters. The first-order chi connectivity index (χ1) is 16.9. The molecule has 0 radical (unpaired) electrons. The van der Waals surface area contributed by atoms with Crippen LogP contribution in [0.15, 0.2) is 63.5 Å². The Balaban J connectivity index is 1.96. The number of ether oxygens (including phenoxy) is 3. The van der Waals surface area contributed by atoms with E-state index in [1.807, 2.05) is 6.92 Å². The van der Waals surface area contributed by atoms with Crippen LogP contribution >= 0.6 is 11.3 Å². The van der Waals surface area contributed by atoms with Gasteiger partial charge in [-0.1, -0.05) is 29.5 Å². The van der Waals surface area contributed by atoms with E-state index < -0.39 is 12.0 Å². The minimum atomic E-state index is -0.752. The number of phenolic OH excluding ortho intramolecular Hbond substituents is 1. The van der Waals surface area contributed by atoms with Gasteiger partial charge in [-0.15, -0.1) is 0 Å². The molecule has 1 aliphatic heterocycles. The molecule has 0 spiro atoms. The van der Waals surface area contributed by atoms with Gasteiger partial charge in [0.25, 0.3) is 5.56 Å². The number of methoxy groups -OCH3 is 1. The summed E-state index contributed by atoms with van der Waals surface area (Å²) in [5, 5.41) is 9.56. The largest absolute Gasteiger partial charge is 0.508 e. The van der Waals surface area contributed by atoms with Gasteiger partial charge in [0.15, 0.2) is 16.3 Å². The minimum absolute atomic E-state index is 0.142. The van der Waals surface area contributed by atoms with Crippen LogP contribution in [0, 0.1) is 0 Å². The lowest BCUT2D eigenvalue weighted by Gasteiger charge is -2.25. The zero-order chi connectivity index (χ0) is 25.1. The second-order valence-corrected chi connectivity index (χ2v) is 8.75. The highest BCUT2D eigenvalue weighted by Gasteiger charge is 2.33. The number of allylic oxidation sites excluding steroid dienone is 1. The summed E-state index contributed by atoms with van der Waals surface area (Å²) in [6.45, 7) is 5.96. The molecule has 9 heteroatoms. The molecule has 1 aromatic heterocycles. The summed E-state index contributed by atoms with van der Waals surface area (Å²) in [6.07, 6.45) is 1.74. The van der Waals surface area contributed by atoms with E-state index in [0.717, 1.165) is 5.56 Å². The molecule has 4 rings (SSSR count). The lowest BCUT2D eigenvalue weighted by atomic mass is 9.95. The average Bonchev–Trinajstić information content (AvgIpc) is 3.14. The topological polar surface area (TPSA) is 99.4 Å². The maximum absolute atomic E-state index is 13.6. The van der Waals surface area contributed by atoms with Gasteiger partial charge in [0.1, 0.15) is 5.75 Å². The van der Waals surface area contributed by atoms with Crippen LogP contribution in [0.1, 0.15) is 37.9 Å². The predicted octanol–water partition coefficient (Wildman–Crippen LogP) is 2.91. The maximum Gasteiger partial charge on any atom is 0.338 e. The van der Waals surface area contributed by atoms with E-state index in [1.54, 1.807) is 69.5 Å². The summed E-state index contributed by atoms with van der Waals surface area (Å²) in [4.78, 5) is 31.7. The highest BCUT2D eigenvalue weighted by molar-refractivity contribution is 7.07. The third-order valence-electron chi connectivity index (χ3n) is 5.51. The van der Waals surface area contributed by atoms with Gasteiger partial charge in [-0.3, -0.25) is 9.36 Å². The van der Waals surface area contributed by atoms with Crippen LogP contribution in [0.3, 0.4) is 0 Å². The number of benzene rings is 2. The third-order valence-corrected chi connectivity index (χ3v) is 6.49. The zero-order valence-electron chi connectivity index (χ0n) is 19.9. The molecule has 0 saturated carbocycles. The van der Waals surface area contributed by atoms with Crippen molar-refractivity contribution in [2.24, 2.45) is 4.99 Å². The Kier molecular flexibility index (Phi) is 7.07. The molecule has 0 fully saturated rings. The lowest BCUT2D eigenvalue weighted by Crippen LogP contribution is -2.40. The number of aromatic hydroxyl groups is 1. The molecule has 0 saturated heterocycles. The van der Waals surface area contributed by atoms with Crippen LogP contribution in [0.4, 0.5) is 0 Å². The van der Waals surface area contributed by atoms with Crippen molar-refractivity contribution in [1.29, 1.82) is 0 Å². The van der Waals surface area contributed by atoms with Crippen molar-refractivity contribution in [3.8, 4) is 17.2 Å². The molecule has 3 aromatic rings. The van der Waals surface area contributed by atoms with E-state index in [0.29, 0.717) is 44.3 Å². The molecule has 8 nitrogen and oxygen atoms in total. The quantitative estimate of drug-likeness (QED) is 0.507. The first-order valence-corrected chi connectivity index (χ1v) is 12.0. The molecule has 2 heterocycles. The Morgan fingerprint density at radius 3 is 2.54 bits per heavy atom. The molecule has 0 amide bonds. The number of hydrogen-bond acceptors (Lipinski definition) is 8. The van der Waals surface area contributed by atoms with Gasteiger partial charge in [-0.25, -0.2) is 9.79 Å². The first kappa shape index (κ1) is 24.3. The summed E-state index contributed by atoms with van der Waals surface area (Å²) in [5.74, 6) is 0.675. The van der Waals surface area contributed by atoms with E-state index in [4.69, 9.17) is 14.2 Å². The van der Waals surface area contributed by atoms with Crippen molar-refractivity contribution in [2.45, 2.75) is 26.8 Å². The van der Waals surface area contributed by atoms with Crippen LogP contribution < -0.4 is 24.4 Å². The van der Waals surface area contributed by atoms with Crippen molar-refractivity contribution in [1.82, 2.24) is 4.57 Å². The average molecular weight is 495 g/mol. The zero-order valence-corrected chi connectivity index (χ0v) is 20.7. The number of carbonyl (C=O) groups is 1. The van der Waals surface area contributed by atoms with Gasteiger partial charge >= 0.3 is 5.97 Å². The summed E-state index contributed by atoms with van der Waals surface area (Å²) in [5.41, 5.74) is 1.93. The fourth-order valence-electron chi connectivity index (χ4n) is 3.96. The third kappa shape index (κ3) is 4.72. The fourth-order valence-corrected chi connectivity index (χ4v) is 5.01. The van der Waals surface area contributed by atoms with E-state index in [1.165, 1.54) is 15.9 Å². The standard InChI is InChI=1S/C26H26N2O6S/c1-5-33-20-14-17(9-12-19(20)32-4)23-22(25(31)34-6-2)15(3)27-26-28(23)24(30)21(35-26)13-16-7-10-18(29)11-8-16/h7-14,23,29H,5-6H2,1-4H3/b21-13-/t23-/m0/s1. The molecule has 1 aliphatic rings. The van der Waals surface area contributed by atoms with Crippen LogP contribution in [-0.2, 0) is 9.53 Å². The number of carbonyl (C=O) groups excluding carboxylic acids is 1. The first-order valence-electron chi connectivity index (χ1n) is 11.2. The maximum atomic E-state index is 13.6. The minimum Gasteiger partial charge on any atom is -0.508 e. The van der Waals surface area contributed by atoms with Crippen LogP contribution in [0.2, 0.25) is 0 Å². The molecule has 0 aliphatic carbocycles. The molecule has 182 valence electrons. The van der Waals surface area contributed by atoms with Crippen molar-refractivity contribution >= 4 is 23.4 Å². The number of nitrogens with zero attached hydrogens (tertiary/aromatic N) is 2. The number of thiazole rings is 1. The fraction of sp³-hybridized carbons (Fsp3) is 0.269. The normalized spacial score (nSPS) is 15.4. The molecular formula is C26H26N2O6S. The van der Waals surface area contributed by atoms with Crippen molar-refractivity contribution in [3.05, 3.63) is 84.5 Å². The highest BCUT2D eigenvalue weighted by atomic mass is 32.1. The molecular weight excluding hydrogens is 468 g/mol. The Morgan fingerprint density at radius 2 is 1.89 bits per heavy atom. The van der Waals surface area contributed by atoms with E-state index >= 15 is 0 Å². The van der Waals surface area contributed by atoms with Crippen molar-refractivity contribution < 1.29 is 24.1 Å². The number of esters is 1. The second-order valence-electron chi connectivity index (χ2n) is 7.74. The molecule has 35 heavy (non-hydrogen) atoms. The van der Waals surface area contributed by atoms with E-state index in [-0.39, 0.29) is 17.9 Å². The lowest BCUT2D eigenvalue weighted by molar-refractivity contribution is -0.139. The monoisotopic (exact) mass is 494 g/mol. The Hall–Kier alpha value is -3.85. The summed E-state index contributed by atoms with van der Waals surface area (Å²) in [7, 11) is 1.55. The van der Waals surface area contributed by atoms with Gasteiger partial charge in [0, 0.05) is 0 Å². The van der Waals surface area contributed by atoms with Gasteiger partial charge in [0.05, 0.1) is 42.2 Å². The van der Waals surface area contributed by atoms with Crippen molar-refractivity contribution in [3.63, 3.8) is 0 Å². The highest BCUT2D eigenvalue weighted by Crippen LogP contribution is 2.36. The van der Waals surface area contributed by atoms with E-state index in [9.17, 15) is 14.7 Å². The van der Waals surface area contributed by atoms with Crippen LogP contribution in [0.5, 0.6) is 17.2 Å². The SMILES string of the molecule is CCOC(=O)C1=C(C)N=c2s/c(=C\c3ccc(O)cc3)c(=O)n2[C@H]1c1ccc(OC)c(OCC)c1. The van der Waals surface area contributed by atoms with Gasteiger partial charge in [0.2, 0.25) is 0 Å².